The molecular formula is C10H16N2. The maximum absolute atomic E-state index is 5.63. The largest absolute Gasteiger partial charge is 0.399 e. The lowest BCUT2D eigenvalue weighted by Crippen LogP contribution is -2.01. The number of rotatable bonds is 3. The number of anilines is 2. The van der Waals surface area contributed by atoms with E-state index >= 15 is 0 Å². The zero-order valence-electron chi connectivity index (χ0n) is 7.72. The van der Waals surface area contributed by atoms with Crippen molar-refractivity contribution in [2.24, 2.45) is 0 Å². The first-order valence-electron chi connectivity index (χ1n) is 4.34. The third-order valence-corrected chi connectivity index (χ3v) is 1.82. The zero-order valence-corrected chi connectivity index (χ0v) is 7.72. The van der Waals surface area contributed by atoms with Crippen LogP contribution in [-0.2, 0) is 0 Å². The van der Waals surface area contributed by atoms with Gasteiger partial charge in [0.1, 0.15) is 0 Å². The molecule has 0 fully saturated rings. The number of hydrogen-bond acceptors (Lipinski definition) is 2. The molecule has 0 bridgehead atoms. The number of nitrogens with two attached hydrogens (primary N) is 1. The number of benzene rings is 1. The van der Waals surface area contributed by atoms with E-state index in [1.165, 1.54) is 11.3 Å². The summed E-state index contributed by atoms with van der Waals surface area (Å²) in [4.78, 5) is 0. The highest BCUT2D eigenvalue weighted by molar-refractivity contribution is 5.57. The minimum Gasteiger partial charge on any atom is -0.399 e. The van der Waals surface area contributed by atoms with Gasteiger partial charge in [-0.05, 0) is 37.1 Å². The number of aryl methyl sites for hydroxylation is 1. The summed E-state index contributed by atoms with van der Waals surface area (Å²) in [5.41, 5.74) is 8.85. The van der Waals surface area contributed by atoms with Crippen LogP contribution < -0.4 is 11.1 Å². The molecule has 2 nitrogen and oxygen atoms in total. The van der Waals surface area contributed by atoms with Gasteiger partial charge in [0, 0.05) is 17.9 Å². The number of nitrogens with one attached hydrogen (secondary N) is 1. The van der Waals surface area contributed by atoms with E-state index in [0.717, 1.165) is 18.7 Å². The predicted octanol–water partition coefficient (Wildman–Crippen LogP) is 2.40. The molecule has 0 aliphatic rings. The Kier molecular flexibility index (Phi) is 2.97. The molecule has 0 aromatic heterocycles. The Balaban J connectivity index is 2.72. The first kappa shape index (κ1) is 8.91. The maximum atomic E-state index is 5.63. The van der Waals surface area contributed by atoms with Crippen molar-refractivity contribution in [1.29, 1.82) is 0 Å². The van der Waals surface area contributed by atoms with Gasteiger partial charge < -0.3 is 11.1 Å². The molecular weight excluding hydrogens is 148 g/mol. The normalized spacial score (nSPS) is 9.83. The fourth-order valence-electron chi connectivity index (χ4n) is 1.14. The molecule has 1 aromatic rings. The second kappa shape index (κ2) is 4.00. The third-order valence-electron chi connectivity index (χ3n) is 1.82. The number of nitrogen functional groups attached to an aromatic ring is 1. The Morgan fingerprint density at radius 2 is 2.17 bits per heavy atom. The second-order valence-electron chi connectivity index (χ2n) is 3.00. The highest BCUT2D eigenvalue weighted by Gasteiger charge is 1.95. The topological polar surface area (TPSA) is 38.0 Å². The maximum Gasteiger partial charge on any atom is 0.0371 e. The summed E-state index contributed by atoms with van der Waals surface area (Å²) < 4.78 is 0. The summed E-state index contributed by atoms with van der Waals surface area (Å²) in [6.45, 7) is 5.23. The van der Waals surface area contributed by atoms with Gasteiger partial charge in [-0.25, -0.2) is 0 Å². The van der Waals surface area contributed by atoms with Gasteiger partial charge in [-0.15, -0.1) is 0 Å². The van der Waals surface area contributed by atoms with Gasteiger partial charge in [0.05, 0.1) is 0 Å². The third kappa shape index (κ3) is 2.16. The summed E-state index contributed by atoms with van der Waals surface area (Å²) in [7, 11) is 0. The van der Waals surface area contributed by atoms with E-state index in [-0.39, 0.29) is 0 Å². The standard InChI is InChI=1S/C10H16N2/c1-3-6-12-10-5-4-9(11)7-8(10)2/h4-5,7,12H,3,6,11H2,1-2H3. The van der Waals surface area contributed by atoms with Crippen LogP contribution in [0.25, 0.3) is 0 Å². The number of hydrogen-bond donors (Lipinski definition) is 2. The highest BCUT2D eigenvalue weighted by atomic mass is 14.9. The van der Waals surface area contributed by atoms with Crippen LogP contribution in [0.1, 0.15) is 18.9 Å². The molecule has 0 spiro atoms. The van der Waals surface area contributed by atoms with Crippen molar-refractivity contribution in [1.82, 2.24) is 0 Å². The molecule has 0 unspecified atom stereocenters. The predicted molar refractivity (Wildman–Crippen MR) is 54.4 cm³/mol. The average Bonchev–Trinajstić information content (AvgIpc) is 2.03. The van der Waals surface area contributed by atoms with Gasteiger partial charge in [0.2, 0.25) is 0 Å². The molecule has 2 heteroatoms. The van der Waals surface area contributed by atoms with Crippen molar-refractivity contribution >= 4 is 11.4 Å². The smallest absolute Gasteiger partial charge is 0.0371 e. The lowest BCUT2D eigenvalue weighted by Gasteiger charge is -2.08. The zero-order chi connectivity index (χ0) is 8.97. The first-order chi connectivity index (χ1) is 5.74. The van der Waals surface area contributed by atoms with E-state index in [1.54, 1.807) is 0 Å². The van der Waals surface area contributed by atoms with Crippen LogP contribution in [0.3, 0.4) is 0 Å². The van der Waals surface area contributed by atoms with Gasteiger partial charge in [0.15, 0.2) is 0 Å². The van der Waals surface area contributed by atoms with Gasteiger partial charge in [-0.1, -0.05) is 6.92 Å². The molecule has 0 radical (unpaired) electrons. The van der Waals surface area contributed by atoms with Crippen molar-refractivity contribution < 1.29 is 0 Å². The molecule has 0 amide bonds. The summed E-state index contributed by atoms with van der Waals surface area (Å²) in [6, 6.07) is 5.93. The van der Waals surface area contributed by atoms with Crippen LogP contribution in [0.2, 0.25) is 0 Å². The highest BCUT2D eigenvalue weighted by Crippen LogP contribution is 2.17. The quantitative estimate of drug-likeness (QED) is 0.673. The molecule has 0 heterocycles. The van der Waals surface area contributed by atoms with Crippen LogP contribution in [-0.4, -0.2) is 6.54 Å². The Bertz CT molecular complexity index is 256. The van der Waals surface area contributed by atoms with Crippen LogP contribution in [0.5, 0.6) is 0 Å². The van der Waals surface area contributed by atoms with Crippen molar-refractivity contribution in [3.63, 3.8) is 0 Å². The van der Waals surface area contributed by atoms with E-state index in [2.05, 4.69) is 19.2 Å². The average molecular weight is 164 g/mol. The van der Waals surface area contributed by atoms with Crippen molar-refractivity contribution in [3.05, 3.63) is 23.8 Å². The van der Waals surface area contributed by atoms with E-state index in [0.29, 0.717) is 0 Å². The van der Waals surface area contributed by atoms with Gasteiger partial charge in [-0.2, -0.15) is 0 Å². The second-order valence-corrected chi connectivity index (χ2v) is 3.00. The Morgan fingerprint density at radius 3 is 2.75 bits per heavy atom. The molecule has 66 valence electrons. The van der Waals surface area contributed by atoms with Gasteiger partial charge in [-0.3, -0.25) is 0 Å². The molecule has 0 atom stereocenters. The van der Waals surface area contributed by atoms with Gasteiger partial charge in [0.25, 0.3) is 0 Å². The molecule has 3 N–H and O–H groups in total. The lowest BCUT2D eigenvalue weighted by molar-refractivity contribution is 0.977. The minimum absolute atomic E-state index is 0.828. The summed E-state index contributed by atoms with van der Waals surface area (Å²) in [6.07, 6.45) is 1.14. The van der Waals surface area contributed by atoms with Gasteiger partial charge >= 0.3 is 0 Å². The van der Waals surface area contributed by atoms with Crippen LogP contribution in [0.4, 0.5) is 11.4 Å². The van der Waals surface area contributed by atoms with E-state index < -0.39 is 0 Å². The minimum atomic E-state index is 0.828. The van der Waals surface area contributed by atoms with E-state index in [4.69, 9.17) is 5.73 Å². The molecule has 12 heavy (non-hydrogen) atoms. The molecule has 0 saturated heterocycles. The van der Waals surface area contributed by atoms with Crippen molar-refractivity contribution in [2.45, 2.75) is 20.3 Å². The molecule has 0 aliphatic heterocycles. The Hall–Kier alpha value is -1.18. The molecule has 0 aliphatic carbocycles. The summed E-state index contributed by atoms with van der Waals surface area (Å²) >= 11 is 0. The SMILES string of the molecule is CCCNc1ccc(N)cc1C. The summed E-state index contributed by atoms with van der Waals surface area (Å²) in [5, 5.41) is 3.33. The van der Waals surface area contributed by atoms with E-state index in [9.17, 15) is 0 Å². The lowest BCUT2D eigenvalue weighted by atomic mass is 10.2. The first-order valence-corrected chi connectivity index (χ1v) is 4.34. The molecule has 1 rings (SSSR count). The fourth-order valence-corrected chi connectivity index (χ4v) is 1.14. The van der Waals surface area contributed by atoms with Crippen LogP contribution in [0.15, 0.2) is 18.2 Å². The van der Waals surface area contributed by atoms with E-state index in [1.807, 2.05) is 18.2 Å². The van der Waals surface area contributed by atoms with Crippen molar-refractivity contribution in [3.8, 4) is 0 Å². The van der Waals surface area contributed by atoms with Crippen molar-refractivity contribution in [2.75, 3.05) is 17.6 Å². The fraction of sp³-hybridized carbons (Fsp3) is 0.400. The monoisotopic (exact) mass is 164 g/mol. The van der Waals surface area contributed by atoms with Crippen LogP contribution >= 0.6 is 0 Å². The molecule has 1 aromatic carbocycles. The Labute approximate surface area is 73.8 Å². The Morgan fingerprint density at radius 1 is 1.42 bits per heavy atom. The molecule has 0 saturated carbocycles. The van der Waals surface area contributed by atoms with Crippen LogP contribution in [0, 0.1) is 6.92 Å². The summed E-state index contributed by atoms with van der Waals surface area (Å²) in [5.74, 6) is 0.